The number of nitrogens with one attached hydrogen (secondary N) is 1. The highest BCUT2D eigenvalue weighted by Crippen LogP contribution is 2.54. The van der Waals surface area contributed by atoms with Gasteiger partial charge in [0.25, 0.3) is 5.91 Å². The van der Waals surface area contributed by atoms with E-state index in [0.29, 0.717) is 29.9 Å². The monoisotopic (exact) mass is 380 g/mol. The number of amides is 1. The van der Waals surface area contributed by atoms with E-state index in [4.69, 9.17) is 9.47 Å². The molecule has 0 radical (unpaired) electrons. The summed E-state index contributed by atoms with van der Waals surface area (Å²) in [5.74, 6) is -0.822. The maximum atomic E-state index is 13.1. The average molecular weight is 380 g/mol. The molecule has 7 heteroatoms. The van der Waals surface area contributed by atoms with Gasteiger partial charge < -0.3 is 20.0 Å². The summed E-state index contributed by atoms with van der Waals surface area (Å²) < 4.78 is 10.9. The molecule has 1 heterocycles. The zero-order valence-electron chi connectivity index (χ0n) is 15.3. The number of hydrogen-bond donors (Lipinski definition) is 2. The SMILES string of the molecule is COC(=O)[C@@H](Cc1ccccc1)NC(=O)[C@]12C[C@H]1/C(=N\O)c1ccccc1O2. The van der Waals surface area contributed by atoms with Crippen molar-refractivity contribution in [3.05, 3.63) is 65.7 Å². The largest absolute Gasteiger partial charge is 0.476 e. The van der Waals surface area contributed by atoms with Crippen molar-refractivity contribution in [1.82, 2.24) is 5.32 Å². The summed E-state index contributed by atoms with van der Waals surface area (Å²) in [6, 6.07) is 15.7. The molecule has 4 rings (SSSR count). The van der Waals surface area contributed by atoms with Gasteiger partial charge in [0.1, 0.15) is 11.8 Å². The van der Waals surface area contributed by atoms with Crippen LogP contribution in [0.3, 0.4) is 0 Å². The number of para-hydroxylation sites is 1. The fourth-order valence-corrected chi connectivity index (χ4v) is 3.71. The summed E-state index contributed by atoms with van der Waals surface area (Å²) in [6.45, 7) is 0. The van der Waals surface area contributed by atoms with E-state index in [9.17, 15) is 14.8 Å². The first-order valence-electron chi connectivity index (χ1n) is 9.02. The summed E-state index contributed by atoms with van der Waals surface area (Å²) in [7, 11) is 1.29. The van der Waals surface area contributed by atoms with E-state index in [-0.39, 0.29) is 5.92 Å². The summed E-state index contributed by atoms with van der Waals surface area (Å²) in [4.78, 5) is 25.3. The fourth-order valence-electron chi connectivity index (χ4n) is 3.71. The number of fused-ring (bicyclic) bond motifs is 2. The summed E-state index contributed by atoms with van der Waals surface area (Å²) in [6.07, 6.45) is 0.684. The minimum Gasteiger partial charge on any atom is -0.476 e. The Morgan fingerprint density at radius 1 is 1.25 bits per heavy atom. The first kappa shape index (κ1) is 18.0. The van der Waals surface area contributed by atoms with Crippen LogP contribution in [0.1, 0.15) is 17.5 Å². The minimum absolute atomic E-state index is 0.303. The molecule has 7 nitrogen and oxygen atoms in total. The Morgan fingerprint density at radius 2 is 1.96 bits per heavy atom. The molecular formula is C21H20N2O5. The van der Waals surface area contributed by atoms with Crippen molar-refractivity contribution in [3.63, 3.8) is 0 Å². The van der Waals surface area contributed by atoms with Gasteiger partial charge in [0.05, 0.1) is 18.7 Å². The third-order valence-corrected chi connectivity index (χ3v) is 5.26. The van der Waals surface area contributed by atoms with Crippen molar-refractivity contribution in [2.75, 3.05) is 7.11 Å². The first-order chi connectivity index (χ1) is 13.6. The van der Waals surface area contributed by atoms with E-state index in [0.717, 1.165) is 5.56 Å². The maximum Gasteiger partial charge on any atom is 0.328 e. The lowest BCUT2D eigenvalue weighted by molar-refractivity contribution is -0.146. The molecule has 3 atom stereocenters. The van der Waals surface area contributed by atoms with Gasteiger partial charge in [-0.2, -0.15) is 0 Å². The fraction of sp³-hybridized carbons (Fsp3) is 0.286. The van der Waals surface area contributed by atoms with Crippen LogP contribution in [0.4, 0.5) is 0 Å². The van der Waals surface area contributed by atoms with Gasteiger partial charge in [-0.25, -0.2) is 4.79 Å². The number of carbonyl (C=O) groups excluding carboxylic acids is 2. The number of oxime groups is 1. The van der Waals surface area contributed by atoms with E-state index in [2.05, 4.69) is 10.5 Å². The van der Waals surface area contributed by atoms with E-state index < -0.39 is 23.5 Å². The van der Waals surface area contributed by atoms with Gasteiger partial charge in [0, 0.05) is 18.4 Å². The summed E-state index contributed by atoms with van der Waals surface area (Å²) >= 11 is 0. The van der Waals surface area contributed by atoms with Crippen LogP contribution in [0.5, 0.6) is 5.75 Å². The highest BCUT2D eigenvalue weighted by molar-refractivity contribution is 6.13. The molecule has 1 fully saturated rings. The summed E-state index contributed by atoms with van der Waals surface area (Å²) in [5, 5.41) is 15.6. The quantitative estimate of drug-likeness (QED) is 0.469. The lowest BCUT2D eigenvalue weighted by atomic mass is 9.99. The highest BCUT2D eigenvalue weighted by atomic mass is 16.5. The maximum absolute atomic E-state index is 13.1. The summed E-state index contributed by atoms with van der Waals surface area (Å²) in [5.41, 5.74) is 0.828. The molecule has 2 N–H and O–H groups in total. The molecule has 0 spiro atoms. The van der Waals surface area contributed by atoms with Crippen LogP contribution in [0.15, 0.2) is 59.8 Å². The van der Waals surface area contributed by atoms with Crippen molar-refractivity contribution < 1.29 is 24.3 Å². The molecule has 144 valence electrons. The molecule has 1 aliphatic heterocycles. The van der Waals surface area contributed by atoms with E-state index >= 15 is 0 Å². The van der Waals surface area contributed by atoms with Crippen molar-refractivity contribution >= 4 is 17.6 Å². The Kier molecular flexibility index (Phi) is 4.50. The van der Waals surface area contributed by atoms with Crippen LogP contribution in [0, 0.1) is 5.92 Å². The van der Waals surface area contributed by atoms with Gasteiger partial charge in [0.15, 0.2) is 5.60 Å². The van der Waals surface area contributed by atoms with Gasteiger partial charge in [-0.15, -0.1) is 0 Å². The molecule has 2 aliphatic rings. The molecule has 28 heavy (non-hydrogen) atoms. The molecule has 0 unspecified atom stereocenters. The Labute approximate surface area is 162 Å². The Balaban J connectivity index is 1.56. The second-order valence-electron chi connectivity index (χ2n) is 6.97. The zero-order chi connectivity index (χ0) is 19.7. The molecule has 0 saturated heterocycles. The molecule has 2 aromatic carbocycles. The predicted octanol–water partition coefficient (Wildman–Crippen LogP) is 1.92. The molecule has 0 bridgehead atoms. The zero-order valence-corrected chi connectivity index (χ0v) is 15.3. The number of hydrogen-bond acceptors (Lipinski definition) is 6. The molecule has 1 amide bonds. The Morgan fingerprint density at radius 3 is 2.68 bits per heavy atom. The molecule has 1 saturated carbocycles. The first-order valence-corrected chi connectivity index (χ1v) is 9.02. The standard InChI is InChI=1S/C21H20N2O5/c1-27-19(24)16(11-13-7-3-2-4-8-13)22-20(25)21-12-15(21)18(23-26)14-9-5-6-10-17(14)28-21/h2-10,15-16,26H,11-12H2,1H3,(H,22,25)/b23-18-/t15-,16+,21-/m0/s1. The van der Waals surface area contributed by atoms with E-state index in [1.807, 2.05) is 36.4 Å². The van der Waals surface area contributed by atoms with Gasteiger partial charge in [-0.3, -0.25) is 4.79 Å². The highest BCUT2D eigenvalue weighted by Gasteiger charge is 2.68. The second-order valence-corrected chi connectivity index (χ2v) is 6.97. The lowest BCUT2D eigenvalue weighted by Gasteiger charge is -2.27. The number of benzene rings is 2. The van der Waals surface area contributed by atoms with Gasteiger partial charge >= 0.3 is 5.97 Å². The number of nitrogens with zero attached hydrogens (tertiary/aromatic N) is 1. The van der Waals surface area contributed by atoms with Crippen LogP contribution in [0.2, 0.25) is 0 Å². The van der Waals surface area contributed by atoms with E-state index in [1.165, 1.54) is 7.11 Å². The van der Waals surface area contributed by atoms with E-state index in [1.54, 1.807) is 18.2 Å². The number of methoxy groups -OCH3 is 1. The average Bonchev–Trinajstić information content (AvgIpc) is 3.47. The second kappa shape index (κ2) is 6.99. The van der Waals surface area contributed by atoms with Crippen LogP contribution in [0.25, 0.3) is 0 Å². The smallest absolute Gasteiger partial charge is 0.328 e. The number of ether oxygens (including phenoxy) is 2. The third kappa shape index (κ3) is 2.98. The molecular weight excluding hydrogens is 360 g/mol. The van der Waals surface area contributed by atoms with Crippen LogP contribution < -0.4 is 10.1 Å². The van der Waals surface area contributed by atoms with Crippen molar-refractivity contribution in [2.24, 2.45) is 11.1 Å². The number of esters is 1. The van der Waals surface area contributed by atoms with Gasteiger partial charge in [0.2, 0.25) is 0 Å². The Bertz CT molecular complexity index is 943. The minimum atomic E-state index is -1.17. The van der Waals surface area contributed by atoms with Crippen LogP contribution in [-0.4, -0.2) is 41.5 Å². The molecule has 0 aromatic heterocycles. The predicted molar refractivity (Wildman–Crippen MR) is 100 cm³/mol. The Hall–Kier alpha value is -3.35. The third-order valence-electron chi connectivity index (χ3n) is 5.26. The van der Waals surface area contributed by atoms with Crippen LogP contribution >= 0.6 is 0 Å². The molecule has 2 aromatic rings. The molecule has 1 aliphatic carbocycles. The van der Waals surface area contributed by atoms with Gasteiger partial charge in [-0.1, -0.05) is 47.6 Å². The van der Waals surface area contributed by atoms with Crippen molar-refractivity contribution in [2.45, 2.75) is 24.5 Å². The van der Waals surface area contributed by atoms with Crippen molar-refractivity contribution in [1.29, 1.82) is 0 Å². The lowest BCUT2D eigenvalue weighted by Crippen LogP contribution is -2.52. The number of carbonyl (C=O) groups is 2. The number of rotatable bonds is 5. The normalized spacial score (nSPS) is 24.3. The van der Waals surface area contributed by atoms with Crippen molar-refractivity contribution in [3.8, 4) is 5.75 Å². The van der Waals surface area contributed by atoms with Crippen LogP contribution in [-0.2, 0) is 20.7 Å². The topological polar surface area (TPSA) is 97.2 Å². The van der Waals surface area contributed by atoms with Gasteiger partial charge in [-0.05, 0) is 17.7 Å².